The lowest BCUT2D eigenvalue weighted by atomic mass is 10.1. The maximum atomic E-state index is 4.28. The molecule has 1 N–H and O–H groups in total. The van der Waals surface area contributed by atoms with Gasteiger partial charge in [-0.25, -0.2) is 0 Å². The molecule has 3 heteroatoms. The third-order valence-electron chi connectivity index (χ3n) is 3.46. The maximum Gasteiger partial charge on any atom is 0.0445 e. The zero-order chi connectivity index (χ0) is 14.5. The van der Waals surface area contributed by atoms with Crippen molar-refractivity contribution in [2.75, 3.05) is 11.4 Å². The maximum absolute atomic E-state index is 4.28. The van der Waals surface area contributed by atoms with Crippen molar-refractivity contribution < 1.29 is 0 Å². The number of anilines is 1. The molecule has 19 heavy (non-hydrogen) atoms. The van der Waals surface area contributed by atoms with Gasteiger partial charge in [-0.1, -0.05) is 6.92 Å². The molecule has 0 amide bonds. The fraction of sp³-hybridized carbons (Fsp3) is 0.688. The quantitative estimate of drug-likeness (QED) is 0.850. The first-order chi connectivity index (χ1) is 8.89. The molecule has 0 spiro atoms. The Bertz CT molecular complexity index is 382. The van der Waals surface area contributed by atoms with Gasteiger partial charge < -0.3 is 10.2 Å². The van der Waals surface area contributed by atoms with Gasteiger partial charge in [0, 0.05) is 48.3 Å². The molecule has 1 atom stereocenters. The molecular weight excluding hydrogens is 234 g/mol. The summed E-state index contributed by atoms with van der Waals surface area (Å²) < 4.78 is 0. The Balaban J connectivity index is 2.94. The topological polar surface area (TPSA) is 28.2 Å². The minimum Gasteiger partial charge on any atom is -0.369 e. The largest absolute Gasteiger partial charge is 0.369 e. The van der Waals surface area contributed by atoms with Gasteiger partial charge in [-0.05, 0) is 47.1 Å². The standard InChI is InChI=1S/C16H29N3/c1-7-13(3)19(8-2)15-9-10-17-11-14(15)12-18-16(4,5)6/h9-11,13,18H,7-8,12H2,1-6H3. The smallest absolute Gasteiger partial charge is 0.0445 e. The number of nitrogens with one attached hydrogen (secondary N) is 1. The zero-order valence-electron chi connectivity index (χ0n) is 13.3. The van der Waals surface area contributed by atoms with E-state index in [0.29, 0.717) is 6.04 Å². The Morgan fingerprint density at radius 3 is 2.53 bits per heavy atom. The van der Waals surface area contributed by atoms with Crippen molar-refractivity contribution in [1.82, 2.24) is 10.3 Å². The first-order valence-corrected chi connectivity index (χ1v) is 7.33. The van der Waals surface area contributed by atoms with E-state index in [1.54, 1.807) is 0 Å². The molecule has 1 aromatic heterocycles. The van der Waals surface area contributed by atoms with Crippen LogP contribution in [0.3, 0.4) is 0 Å². The molecule has 0 fully saturated rings. The van der Waals surface area contributed by atoms with E-state index < -0.39 is 0 Å². The number of rotatable bonds is 6. The molecular formula is C16H29N3. The average molecular weight is 263 g/mol. The van der Waals surface area contributed by atoms with E-state index in [4.69, 9.17) is 0 Å². The average Bonchev–Trinajstić information content (AvgIpc) is 2.37. The lowest BCUT2D eigenvalue weighted by Crippen LogP contribution is -2.37. The summed E-state index contributed by atoms with van der Waals surface area (Å²) in [5.41, 5.74) is 2.71. The zero-order valence-corrected chi connectivity index (χ0v) is 13.3. The van der Waals surface area contributed by atoms with E-state index in [2.05, 4.69) is 62.8 Å². The van der Waals surface area contributed by atoms with Crippen LogP contribution in [0.5, 0.6) is 0 Å². The van der Waals surface area contributed by atoms with Crippen molar-refractivity contribution in [3.8, 4) is 0 Å². The van der Waals surface area contributed by atoms with Gasteiger partial charge >= 0.3 is 0 Å². The minimum absolute atomic E-state index is 0.126. The number of hydrogen-bond acceptors (Lipinski definition) is 3. The van der Waals surface area contributed by atoms with E-state index >= 15 is 0 Å². The molecule has 1 unspecified atom stereocenters. The van der Waals surface area contributed by atoms with Crippen molar-refractivity contribution in [1.29, 1.82) is 0 Å². The Labute approximate surface area is 118 Å². The SMILES string of the molecule is CCC(C)N(CC)c1ccncc1CNC(C)(C)C. The van der Waals surface area contributed by atoms with Crippen LogP contribution in [-0.4, -0.2) is 23.1 Å². The van der Waals surface area contributed by atoms with E-state index in [-0.39, 0.29) is 5.54 Å². The van der Waals surface area contributed by atoms with Crippen LogP contribution in [-0.2, 0) is 6.54 Å². The van der Waals surface area contributed by atoms with Gasteiger partial charge in [0.2, 0.25) is 0 Å². The second-order valence-electron chi connectivity index (χ2n) is 6.15. The summed E-state index contributed by atoms with van der Waals surface area (Å²) in [5, 5.41) is 3.55. The summed E-state index contributed by atoms with van der Waals surface area (Å²) >= 11 is 0. The van der Waals surface area contributed by atoms with Crippen LogP contribution in [0.15, 0.2) is 18.5 Å². The molecule has 0 aliphatic rings. The molecule has 0 saturated carbocycles. The lowest BCUT2D eigenvalue weighted by Gasteiger charge is -2.32. The molecule has 3 nitrogen and oxygen atoms in total. The molecule has 0 saturated heterocycles. The summed E-state index contributed by atoms with van der Waals surface area (Å²) in [5.74, 6) is 0. The predicted octanol–water partition coefficient (Wildman–Crippen LogP) is 3.59. The summed E-state index contributed by atoms with van der Waals surface area (Å²) in [7, 11) is 0. The summed E-state index contributed by atoms with van der Waals surface area (Å²) in [6.45, 7) is 15.2. The summed E-state index contributed by atoms with van der Waals surface area (Å²) in [4.78, 5) is 6.74. The van der Waals surface area contributed by atoms with Crippen molar-refractivity contribution in [3.63, 3.8) is 0 Å². The Kier molecular flexibility index (Phi) is 5.80. The number of hydrogen-bond donors (Lipinski definition) is 1. The van der Waals surface area contributed by atoms with Gasteiger partial charge in [-0.15, -0.1) is 0 Å². The highest BCUT2D eigenvalue weighted by molar-refractivity contribution is 5.53. The van der Waals surface area contributed by atoms with Crippen molar-refractivity contribution in [3.05, 3.63) is 24.0 Å². The fourth-order valence-corrected chi connectivity index (χ4v) is 2.14. The Morgan fingerprint density at radius 1 is 1.32 bits per heavy atom. The van der Waals surface area contributed by atoms with E-state index in [0.717, 1.165) is 19.5 Å². The predicted molar refractivity (Wildman–Crippen MR) is 83.6 cm³/mol. The highest BCUT2D eigenvalue weighted by Crippen LogP contribution is 2.23. The number of pyridine rings is 1. The Morgan fingerprint density at radius 2 is 2.00 bits per heavy atom. The molecule has 1 heterocycles. The van der Waals surface area contributed by atoms with Gasteiger partial charge in [-0.2, -0.15) is 0 Å². The molecule has 0 radical (unpaired) electrons. The third kappa shape index (κ3) is 4.83. The van der Waals surface area contributed by atoms with Crippen molar-refractivity contribution in [2.24, 2.45) is 0 Å². The van der Waals surface area contributed by atoms with Crippen LogP contribution < -0.4 is 10.2 Å². The van der Waals surface area contributed by atoms with Gasteiger partial charge in [-0.3, -0.25) is 4.98 Å². The second-order valence-corrected chi connectivity index (χ2v) is 6.15. The number of aromatic nitrogens is 1. The van der Waals surface area contributed by atoms with Crippen LogP contribution in [0.4, 0.5) is 5.69 Å². The van der Waals surface area contributed by atoms with Crippen LogP contribution in [0, 0.1) is 0 Å². The fourth-order valence-electron chi connectivity index (χ4n) is 2.14. The molecule has 0 aliphatic heterocycles. The summed E-state index contributed by atoms with van der Waals surface area (Å²) in [6, 6.07) is 2.69. The lowest BCUT2D eigenvalue weighted by molar-refractivity contribution is 0.423. The van der Waals surface area contributed by atoms with Crippen LogP contribution >= 0.6 is 0 Å². The van der Waals surface area contributed by atoms with Gasteiger partial charge in [0.15, 0.2) is 0 Å². The molecule has 1 rings (SSSR count). The molecule has 0 aromatic carbocycles. The summed E-state index contributed by atoms with van der Waals surface area (Å²) in [6.07, 6.45) is 5.03. The number of nitrogens with zero attached hydrogens (tertiary/aromatic N) is 2. The first kappa shape index (κ1) is 16.0. The monoisotopic (exact) mass is 263 g/mol. The van der Waals surface area contributed by atoms with Crippen LogP contribution in [0.2, 0.25) is 0 Å². The van der Waals surface area contributed by atoms with Crippen LogP contribution in [0.25, 0.3) is 0 Å². The molecule has 0 bridgehead atoms. The minimum atomic E-state index is 0.126. The van der Waals surface area contributed by atoms with E-state index in [1.165, 1.54) is 11.3 Å². The molecule has 0 aliphatic carbocycles. The van der Waals surface area contributed by atoms with Gasteiger partial charge in [0.05, 0.1) is 0 Å². The highest BCUT2D eigenvalue weighted by Gasteiger charge is 2.16. The molecule has 1 aromatic rings. The van der Waals surface area contributed by atoms with Crippen molar-refractivity contribution in [2.45, 2.75) is 66.1 Å². The normalized spacial score (nSPS) is 13.4. The first-order valence-electron chi connectivity index (χ1n) is 7.33. The van der Waals surface area contributed by atoms with Crippen molar-refractivity contribution >= 4 is 5.69 Å². The third-order valence-corrected chi connectivity index (χ3v) is 3.46. The van der Waals surface area contributed by atoms with E-state index in [9.17, 15) is 0 Å². The van der Waals surface area contributed by atoms with E-state index in [1.807, 2.05) is 12.4 Å². The highest BCUT2D eigenvalue weighted by atomic mass is 15.2. The van der Waals surface area contributed by atoms with Gasteiger partial charge in [0.1, 0.15) is 0 Å². The van der Waals surface area contributed by atoms with Gasteiger partial charge in [0.25, 0.3) is 0 Å². The Hall–Kier alpha value is -1.09. The molecule has 108 valence electrons. The second kappa shape index (κ2) is 6.90. The van der Waals surface area contributed by atoms with Crippen LogP contribution in [0.1, 0.15) is 53.5 Å².